The van der Waals surface area contributed by atoms with Crippen molar-refractivity contribution in [3.63, 3.8) is 0 Å². The fourth-order valence-electron chi connectivity index (χ4n) is 3.43. The van der Waals surface area contributed by atoms with Crippen LogP contribution in [-0.4, -0.2) is 132 Å². The van der Waals surface area contributed by atoms with Crippen LogP contribution in [0.15, 0.2) is 0 Å². The number of hydrogen-bond acceptors (Lipinski definition) is 12. The van der Waals surface area contributed by atoms with Crippen molar-refractivity contribution in [2.45, 2.75) is 61.4 Å². The van der Waals surface area contributed by atoms with Gasteiger partial charge in [-0.1, -0.05) is 0 Å². The highest BCUT2D eigenvalue weighted by Gasteiger charge is 2.47. The van der Waals surface area contributed by atoms with E-state index in [1.54, 1.807) is 0 Å². The largest absolute Gasteiger partial charge is 0.394 e. The minimum absolute atomic E-state index is 0.0273. The van der Waals surface area contributed by atoms with Crippen molar-refractivity contribution in [3.8, 4) is 0 Å². The van der Waals surface area contributed by atoms with Crippen molar-refractivity contribution in [2.75, 3.05) is 39.6 Å². The summed E-state index contributed by atoms with van der Waals surface area (Å²) in [4.78, 5) is 0. The molecule has 0 aromatic rings. The van der Waals surface area contributed by atoms with Gasteiger partial charge in [0, 0.05) is 0 Å². The maximum Gasteiger partial charge on any atom is 0.187 e. The van der Waals surface area contributed by atoms with Gasteiger partial charge in [0.25, 0.3) is 0 Å². The predicted octanol–water partition coefficient (Wildman–Crippen LogP) is -4.32. The van der Waals surface area contributed by atoms with Crippen molar-refractivity contribution in [3.05, 3.63) is 0 Å². The van der Waals surface area contributed by atoms with Gasteiger partial charge in [-0.05, 0) is 0 Å². The lowest BCUT2D eigenvalue weighted by Crippen LogP contribution is -2.61. The molecule has 0 aromatic carbocycles. The molecule has 3 heterocycles. The van der Waals surface area contributed by atoms with Crippen LogP contribution in [0, 0.1) is 0 Å². The molecule has 164 valence electrons. The molecule has 3 rings (SSSR count). The quantitative estimate of drug-likeness (QED) is 0.257. The van der Waals surface area contributed by atoms with Crippen LogP contribution in [0.1, 0.15) is 0 Å². The van der Waals surface area contributed by atoms with Crippen molar-refractivity contribution >= 4 is 0 Å². The summed E-state index contributed by atoms with van der Waals surface area (Å²) >= 11 is 0. The molecule has 0 aliphatic carbocycles. The van der Waals surface area contributed by atoms with Crippen molar-refractivity contribution in [2.24, 2.45) is 0 Å². The third-order valence-corrected chi connectivity index (χ3v) is 5.00. The fourth-order valence-corrected chi connectivity index (χ4v) is 3.43. The highest BCUT2D eigenvalue weighted by molar-refractivity contribution is 4.91. The molecule has 0 amide bonds. The lowest BCUT2D eigenvalue weighted by atomic mass is 9.99. The van der Waals surface area contributed by atoms with E-state index in [9.17, 15) is 30.6 Å². The molecule has 0 radical (unpaired) electrons. The second-order valence-corrected chi connectivity index (χ2v) is 6.83. The van der Waals surface area contributed by atoms with Gasteiger partial charge < -0.3 is 59.1 Å². The summed E-state index contributed by atoms with van der Waals surface area (Å²) in [7, 11) is 0. The molecule has 3 fully saturated rings. The Labute approximate surface area is 161 Å². The third-order valence-electron chi connectivity index (χ3n) is 5.00. The molecule has 0 bridgehead atoms. The smallest absolute Gasteiger partial charge is 0.187 e. The first kappa shape index (κ1) is 22.2. The second-order valence-electron chi connectivity index (χ2n) is 6.83. The SMILES string of the molecule is OC[C@H]1O[C@H]2OCCO[C@@H]3O[C@H](CO)[C@@H](O)[C@H](O)[C@H]3OCCO[C@@H]2[C@@H](O)[C@@H]1O. The molecule has 3 aliphatic heterocycles. The fraction of sp³-hybridized carbons (Fsp3) is 1.00. The van der Waals surface area contributed by atoms with E-state index in [0.29, 0.717) is 0 Å². The van der Waals surface area contributed by atoms with Gasteiger partial charge in [0.1, 0.15) is 48.8 Å². The van der Waals surface area contributed by atoms with Crippen molar-refractivity contribution in [1.29, 1.82) is 0 Å². The van der Waals surface area contributed by atoms with E-state index in [-0.39, 0.29) is 26.4 Å². The molecule has 10 atom stereocenters. The molecular weight excluding hydrogens is 384 g/mol. The average molecular weight is 412 g/mol. The molecule has 12 heteroatoms. The van der Waals surface area contributed by atoms with Crippen LogP contribution in [0.3, 0.4) is 0 Å². The monoisotopic (exact) mass is 412 g/mol. The van der Waals surface area contributed by atoms with Gasteiger partial charge in [-0.15, -0.1) is 0 Å². The minimum atomic E-state index is -1.36. The predicted molar refractivity (Wildman–Crippen MR) is 86.9 cm³/mol. The van der Waals surface area contributed by atoms with Gasteiger partial charge >= 0.3 is 0 Å². The summed E-state index contributed by atoms with van der Waals surface area (Å²) in [6, 6.07) is 0. The van der Waals surface area contributed by atoms with Gasteiger partial charge in [-0.2, -0.15) is 0 Å². The zero-order valence-electron chi connectivity index (χ0n) is 15.1. The van der Waals surface area contributed by atoms with Crippen molar-refractivity contribution < 1.29 is 59.1 Å². The van der Waals surface area contributed by atoms with Gasteiger partial charge in [0.05, 0.1) is 39.6 Å². The maximum atomic E-state index is 10.3. The van der Waals surface area contributed by atoms with Gasteiger partial charge in [-0.25, -0.2) is 0 Å². The number of aliphatic hydroxyl groups is 6. The van der Waals surface area contributed by atoms with Crippen molar-refractivity contribution in [1.82, 2.24) is 0 Å². The zero-order valence-corrected chi connectivity index (χ0v) is 15.1. The Morgan fingerprint density at radius 2 is 0.893 bits per heavy atom. The van der Waals surface area contributed by atoms with Crippen LogP contribution in [0.2, 0.25) is 0 Å². The second kappa shape index (κ2) is 10.0. The summed E-state index contributed by atoms with van der Waals surface area (Å²) in [6.45, 7) is -1.19. The molecule has 28 heavy (non-hydrogen) atoms. The van der Waals surface area contributed by atoms with E-state index in [1.807, 2.05) is 0 Å². The molecule has 3 aliphatic rings. The lowest BCUT2D eigenvalue weighted by Gasteiger charge is -2.43. The van der Waals surface area contributed by atoms with E-state index < -0.39 is 74.6 Å². The lowest BCUT2D eigenvalue weighted by molar-refractivity contribution is -0.335. The molecule has 12 nitrogen and oxygen atoms in total. The van der Waals surface area contributed by atoms with Crippen LogP contribution in [-0.2, 0) is 28.4 Å². The van der Waals surface area contributed by atoms with E-state index in [4.69, 9.17) is 28.4 Å². The third kappa shape index (κ3) is 4.64. The summed E-state index contributed by atoms with van der Waals surface area (Å²) in [5.41, 5.74) is 0. The van der Waals surface area contributed by atoms with Crippen LogP contribution in [0.25, 0.3) is 0 Å². The van der Waals surface area contributed by atoms with Crippen LogP contribution >= 0.6 is 0 Å². The maximum absolute atomic E-state index is 10.3. The molecular formula is C16H28O12. The molecule has 6 N–H and O–H groups in total. The van der Waals surface area contributed by atoms with Gasteiger partial charge in [-0.3, -0.25) is 0 Å². The minimum Gasteiger partial charge on any atom is -0.394 e. The van der Waals surface area contributed by atoms with Gasteiger partial charge in [0.2, 0.25) is 0 Å². The average Bonchev–Trinajstić information content (AvgIpc) is 2.69. The molecule has 0 saturated carbocycles. The molecule has 0 unspecified atom stereocenters. The Bertz CT molecular complexity index is 439. The van der Waals surface area contributed by atoms with E-state index in [1.165, 1.54) is 0 Å². The Hall–Kier alpha value is -0.480. The van der Waals surface area contributed by atoms with E-state index in [2.05, 4.69) is 0 Å². The highest BCUT2D eigenvalue weighted by Crippen LogP contribution is 2.27. The standard InChI is InChI=1S/C16H28O12/c17-5-7-9(19)11(21)13-15(27-7)25-3-4-26-16-14(24-2-1-23-13)12(22)10(20)8(6-18)28-16/h7-22H,1-6H2/t7-,8-,9-,10-,11+,12+,13-,14-,15-,16-/m1/s1. The first-order valence-electron chi connectivity index (χ1n) is 9.19. The summed E-state index contributed by atoms with van der Waals surface area (Å²) < 4.78 is 33.1. The van der Waals surface area contributed by atoms with Crippen LogP contribution in [0.4, 0.5) is 0 Å². The van der Waals surface area contributed by atoms with Gasteiger partial charge in [0.15, 0.2) is 12.6 Å². The van der Waals surface area contributed by atoms with Crippen LogP contribution < -0.4 is 0 Å². The molecule has 3 saturated heterocycles. The number of hydrogen-bond donors (Lipinski definition) is 6. The normalized spacial score (nSPS) is 48.6. The Balaban J connectivity index is 1.66. The number of rotatable bonds is 2. The Morgan fingerprint density at radius 3 is 1.25 bits per heavy atom. The number of ether oxygens (including phenoxy) is 6. The number of fused-ring (bicyclic) bond motifs is 2. The van der Waals surface area contributed by atoms with E-state index >= 15 is 0 Å². The van der Waals surface area contributed by atoms with Crippen LogP contribution in [0.5, 0.6) is 0 Å². The zero-order chi connectivity index (χ0) is 20.3. The Kier molecular flexibility index (Phi) is 7.95. The molecule has 0 aromatic heterocycles. The summed E-state index contributed by atoms with van der Waals surface area (Å²) in [5.74, 6) is 0. The summed E-state index contributed by atoms with van der Waals surface area (Å²) in [5, 5.41) is 59.1. The first-order valence-corrected chi connectivity index (χ1v) is 9.19. The number of aliphatic hydroxyl groups excluding tert-OH is 6. The first-order chi connectivity index (χ1) is 13.5. The van der Waals surface area contributed by atoms with E-state index in [0.717, 1.165) is 0 Å². The molecule has 0 spiro atoms. The Morgan fingerprint density at radius 1 is 0.536 bits per heavy atom. The topological polar surface area (TPSA) is 177 Å². The highest BCUT2D eigenvalue weighted by atomic mass is 16.7. The summed E-state index contributed by atoms with van der Waals surface area (Å²) in [6.07, 6.45) is -11.7.